The highest BCUT2D eigenvalue weighted by Crippen LogP contribution is 2.29. The quantitative estimate of drug-likeness (QED) is 0.311. The molecule has 0 radical (unpaired) electrons. The lowest BCUT2D eigenvalue weighted by molar-refractivity contribution is -0.142. The van der Waals surface area contributed by atoms with E-state index in [1.54, 1.807) is 11.3 Å². The van der Waals surface area contributed by atoms with E-state index in [9.17, 15) is 19.5 Å². The normalized spacial score (nSPS) is 21.4. The lowest BCUT2D eigenvalue weighted by atomic mass is 9.85. The van der Waals surface area contributed by atoms with E-state index in [0.29, 0.717) is 17.8 Å². The van der Waals surface area contributed by atoms with Crippen LogP contribution in [0.2, 0.25) is 0 Å². The zero-order valence-electron chi connectivity index (χ0n) is 24.3. The van der Waals surface area contributed by atoms with Gasteiger partial charge >= 0.3 is 0 Å². The number of aliphatic hydroxyl groups is 1. The SMILES string of the molecule is Cc1ncsc1-c1ccc(CNC(=O)[C@@H]2C[C@@H](O)CN2C(=O)[C@H](NC(=O)c2conc2C2CCNC2)C(C)(C)C)cc1. The zero-order chi connectivity index (χ0) is 30.0. The van der Waals surface area contributed by atoms with Crippen molar-refractivity contribution in [2.75, 3.05) is 19.6 Å². The average Bonchev–Trinajstić information content (AvgIpc) is 3.76. The van der Waals surface area contributed by atoms with Crippen molar-refractivity contribution in [2.24, 2.45) is 5.41 Å². The van der Waals surface area contributed by atoms with Crippen molar-refractivity contribution in [3.05, 3.63) is 58.6 Å². The van der Waals surface area contributed by atoms with Crippen molar-refractivity contribution >= 4 is 29.1 Å². The molecule has 1 aromatic carbocycles. The number of nitrogens with one attached hydrogen (secondary N) is 3. The second kappa shape index (κ2) is 12.3. The lowest BCUT2D eigenvalue weighted by Crippen LogP contribution is -2.57. The number of carbonyl (C=O) groups is 3. The number of carbonyl (C=O) groups excluding carboxylic acids is 3. The third-order valence-corrected chi connectivity index (χ3v) is 8.95. The van der Waals surface area contributed by atoms with Crippen LogP contribution in [0.15, 0.2) is 40.6 Å². The monoisotopic (exact) mass is 594 g/mol. The first-order valence-electron chi connectivity index (χ1n) is 14.2. The van der Waals surface area contributed by atoms with Gasteiger partial charge in [0, 0.05) is 32.0 Å². The number of benzene rings is 1. The molecule has 2 aliphatic rings. The van der Waals surface area contributed by atoms with E-state index in [2.05, 4.69) is 26.1 Å². The van der Waals surface area contributed by atoms with E-state index in [0.717, 1.165) is 34.7 Å². The molecule has 4 atom stereocenters. The molecule has 5 rings (SSSR count). The van der Waals surface area contributed by atoms with Crippen molar-refractivity contribution in [2.45, 2.75) is 71.2 Å². The highest BCUT2D eigenvalue weighted by molar-refractivity contribution is 7.13. The lowest BCUT2D eigenvalue weighted by Gasteiger charge is -2.35. The highest BCUT2D eigenvalue weighted by atomic mass is 32.1. The number of amides is 3. The minimum absolute atomic E-state index is 0.00846. The summed E-state index contributed by atoms with van der Waals surface area (Å²) in [7, 11) is 0. The first-order valence-corrected chi connectivity index (χ1v) is 15.1. The van der Waals surface area contributed by atoms with Crippen LogP contribution >= 0.6 is 11.3 Å². The summed E-state index contributed by atoms with van der Waals surface area (Å²) < 4.78 is 5.14. The molecule has 2 saturated heterocycles. The van der Waals surface area contributed by atoms with Crippen molar-refractivity contribution in [1.29, 1.82) is 0 Å². The van der Waals surface area contributed by atoms with E-state index in [4.69, 9.17) is 4.52 Å². The van der Waals surface area contributed by atoms with Gasteiger partial charge in [0.05, 0.1) is 22.2 Å². The van der Waals surface area contributed by atoms with E-state index < -0.39 is 35.4 Å². The molecule has 2 aliphatic heterocycles. The van der Waals surface area contributed by atoms with Crippen molar-refractivity contribution in [3.63, 3.8) is 0 Å². The van der Waals surface area contributed by atoms with Gasteiger partial charge in [-0.3, -0.25) is 14.4 Å². The Hall–Kier alpha value is -3.61. The minimum atomic E-state index is -0.946. The van der Waals surface area contributed by atoms with Gasteiger partial charge in [-0.1, -0.05) is 50.2 Å². The van der Waals surface area contributed by atoms with Gasteiger partial charge in [0.25, 0.3) is 5.91 Å². The molecular formula is C30H38N6O5S. The molecule has 0 saturated carbocycles. The number of aryl methyl sites for hydroxylation is 1. The predicted molar refractivity (Wildman–Crippen MR) is 158 cm³/mol. The van der Waals surface area contributed by atoms with Gasteiger partial charge in [-0.15, -0.1) is 11.3 Å². The van der Waals surface area contributed by atoms with Gasteiger partial charge in [0.2, 0.25) is 11.8 Å². The maximum atomic E-state index is 13.9. The largest absolute Gasteiger partial charge is 0.391 e. The molecule has 4 N–H and O–H groups in total. The van der Waals surface area contributed by atoms with Crippen LogP contribution in [-0.4, -0.2) is 75.7 Å². The number of thiazole rings is 1. The second-order valence-corrected chi connectivity index (χ2v) is 13.0. The summed E-state index contributed by atoms with van der Waals surface area (Å²) >= 11 is 1.58. The summed E-state index contributed by atoms with van der Waals surface area (Å²) in [6.45, 7) is 9.35. The molecule has 4 heterocycles. The fraction of sp³-hybridized carbons (Fsp3) is 0.500. The topological polar surface area (TPSA) is 150 Å². The summed E-state index contributed by atoms with van der Waals surface area (Å²) in [5, 5.41) is 23.6. The Morgan fingerprint density at radius 3 is 2.64 bits per heavy atom. The third kappa shape index (κ3) is 6.40. The van der Waals surface area contributed by atoms with E-state index in [1.807, 2.05) is 57.5 Å². The van der Waals surface area contributed by atoms with Crippen LogP contribution in [0.1, 0.15) is 66.8 Å². The van der Waals surface area contributed by atoms with Gasteiger partial charge in [-0.25, -0.2) is 4.98 Å². The smallest absolute Gasteiger partial charge is 0.257 e. The number of hydrogen-bond acceptors (Lipinski definition) is 9. The maximum Gasteiger partial charge on any atom is 0.257 e. The number of likely N-dealkylation sites (tertiary alicyclic amines) is 1. The standard InChI is InChI=1S/C30H38N6O5S/c1-17-25(42-16-33-17)19-7-5-18(6-8-19)12-32-28(39)23-11-21(37)14-36(23)29(40)26(30(2,3)4)34-27(38)22-15-41-35-24(22)20-9-10-31-13-20/h5-8,15-16,20-21,23,26,31,37H,9-14H2,1-4H3,(H,32,39)(H,34,38)/t20?,21-,23+,26+/m1/s1. The van der Waals surface area contributed by atoms with Crippen molar-refractivity contribution in [1.82, 2.24) is 31.0 Å². The third-order valence-electron chi connectivity index (χ3n) is 7.97. The van der Waals surface area contributed by atoms with Crippen LogP contribution in [0.3, 0.4) is 0 Å². The Morgan fingerprint density at radius 1 is 1.24 bits per heavy atom. The van der Waals surface area contributed by atoms with Gasteiger partial charge in [0.1, 0.15) is 29.6 Å². The molecule has 0 spiro atoms. The van der Waals surface area contributed by atoms with E-state index >= 15 is 0 Å². The second-order valence-electron chi connectivity index (χ2n) is 12.2. The van der Waals surface area contributed by atoms with Gasteiger partial charge in [0.15, 0.2) is 0 Å². The molecule has 42 heavy (non-hydrogen) atoms. The van der Waals surface area contributed by atoms with Crippen LogP contribution in [0, 0.1) is 12.3 Å². The number of aliphatic hydroxyl groups excluding tert-OH is 1. The van der Waals surface area contributed by atoms with Crippen molar-refractivity contribution < 1.29 is 24.0 Å². The molecule has 0 bridgehead atoms. The summed E-state index contributed by atoms with van der Waals surface area (Å²) in [5.41, 5.74) is 4.97. The molecule has 224 valence electrons. The molecule has 12 heteroatoms. The predicted octanol–water partition coefficient (Wildman–Crippen LogP) is 2.61. The fourth-order valence-corrected chi connectivity index (χ4v) is 6.40. The van der Waals surface area contributed by atoms with Crippen LogP contribution in [-0.2, 0) is 16.1 Å². The average molecular weight is 595 g/mol. The van der Waals surface area contributed by atoms with Crippen LogP contribution in [0.5, 0.6) is 0 Å². The van der Waals surface area contributed by atoms with Crippen LogP contribution in [0.4, 0.5) is 0 Å². The summed E-state index contributed by atoms with van der Waals surface area (Å²) in [6, 6.07) is 6.09. The molecule has 3 aromatic rings. The number of hydrogen-bond donors (Lipinski definition) is 4. The van der Waals surface area contributed by atoms with Gasteiger partial charge in [-0.2, -0.15) is 0 Å². The molecule has 2 fully saturated rings. The van der Waals surface area contributed by atoms with Crippen molar-refractivity contribution in [3.8, 4) is 10.4 Å². The summed E-state index contributed by atoms with van der Waals surface area (Å²) in [4.78, 5) is 47.4. The molecular weight excluding hydrogens is 556 g/mol. The first kappa shape index (κ1) is 29.9. The van der Waals surface area contributed by atoms with Gasteiger partial charge in [-0.05, 0) is 36.4 Å². The summed E-state index contributed by atoms with van der Waals surface area (Å²) in [6.07, 6.45) is 1.43. The number of rotatable bonds is 8. The van der Waals surface area contributed by atoms with E-state index in [-0.39, 0.29) is 31.3 Å². The molecule has 11 nitrogen and oxygen atoms in total. The molecule has 3 amide bonds. The van der Waals surface area contributed by atoms with Crippen LogP contribution < -0.4 is 16.0 Å². The fourth-order valence-electron chi connectivity index (χ4n) is 5.59. The molecule has 1 unspecified atom stereocenters. The Balaban J connectivity index is 1.26. The highest BCUT2D eigenvalue weighted by Gasteiger charge is 2.45. The minimum Gasteiger partial charge on any atom is -0.391 e. The first-order chi connectivity index (χ1) is 20.0. The maximum absolute atomic E-state index is 13.9. The van der Waals surface area contributed by atoms with Gasteiger partial charge < -0.3 is 30.5 Å². The Labute approximate surface area is 249 Å². The van der Waals surface area contributed by atoms with Crippen LogP contribution in [0.25, 0.3) is 10.4 Å². The molecule has 0 aliphatic carbocycles. The Morgan fingerprint density at radius 2 is 2.00 bits per heavy atom. The Kier molecular flexibility index (Phi) is 8.76. The molecule has 2 aromatic heterocycles. The Bertz CT molecular complexity index is 1420. The number of aromatic nitrogens is 2. The zero-order valence-corrected chi connectivity index (χ0v) is 25.2. The van der Waals surface area contributed by atoms with E-state index in [1.165, 1.54) is 11.2 Å². The number of nitrogens with zero attached hydrogens (tertiary/aromatic N) is 3. The number of β-amino-alcohol motifs (C(OH)–C–C–N with tert-alkyl or cyclic N) is 1. The summed E-state index contributed by atoms with van der Waals surface area (Å²) in [5.74, 6) is -1.17.